The van der Waals surface area contributed by atoms with Crippen LogP contribution >= 0.6 is 0 Å². The van der Waals surface area contributed by atoms with Gasteiger partial charge in [-0.05, 0) is 12.5 Å². The van der Waals surface area contributed by atoms with Crippen molar-refractivity contribution < 1.29 is 18.7 Å². The number of hydrogen-bond donors (Lipinski definition) is 0. The van der Waals surface area contributed by atoms with Crippen molar-refractivity contribution in [3.8, 4) is 0 Å². The number of aryl methyl sites for hydroxylation is 1. The third kappa shape index (κ3) is 4.66. The summed E-state index contributed by atoms with van der Waals surface area (Å²) in [6, 6.07) is 9.28. The molecule has 1 atom stereocenters. The summed E-state index contributed by atoms with van der Waals surface area (Å²) in [5, 5.41) is 7.53. The number of esters is 1. The quantitative estimate of drug-likeness (QED) is 0.330. The molecule has 0 aliphatic rings. The first-order valence-electron chi connectivity index (χ1n) is 10.6. The third-order valence-electron chi connectivity index (χ3n) is 5.19. The Morgan fingerprint density at radius 3 is 2.59 bits per heavy atom. The van der Waals surface area contributed by atoms with Crippen LogP contribution in [0.4, 0.5) is 0 Å². The molecule has 12 heteroatoms. The highest BCUT2D eigenvalue weighted by molar-refractivity contribution is 5.72. The number of carbonyl (C=O) groups is 1. The number of fused-ring (bicyclic) bond motifs is 1. The zero-order valence-corrected chi connectivity index (χ0v) is 19.0. The van der Waals surface area contributed by atoms with Crippen molar-refractivity contribution in [1.82, 2.24) is 28.9 Å². The molecular weight excluding hydrogens is 444 g/mol. The fourth-order valence-electron chi connectivity index (χ4n) is 3.54. The molecule has 3 heterocycles. The van der Waals surface area contributed by atoms with Crippen LogP contribution < -0.4 is 11.2 Å². The van der Waals surface area contributed by atoms with Crippen LogP contribution in [0.2, 0.25) is 0 Å². The lowest BCUT2D eigenvalue weighted by Crippen LogP contribution is -2.42. The maximum absolute atomic E-state index is 13.3. The summed E-state index contributed by atoms with van der Waals surface area (Å²) in [5.41, 5.74) is -0.0477. The van der Waals surface area contributed by atoms with Crippen LogP contribution in [0.3, 0.4) is 0 Å². The van der Waals surface area contributed by atoms with Gasteiger partial charge in [0.15, 0.2) is 17.3 Å². The first-order chi connectivity index (χ1) is 16.4. The number of aromatic nitrogens is 6. The SMILES string of the molecule is COCCn1cnc2c1c(=O)n(CC(=O)OC(C)c1nnc(C)o1)c(=O)n2Cc1ccccc1. The number of carbonyl (C=O) groups excluding carboxylic acids is 1. The first kappa shape index (κ1) is 23.1. The maximum atomic E-state index is 13.3. The Balaban J connectivity index is 1.73. The van der Waals surface area contributed by atoms with Gasteiger partial charge in [-0.25, -0.2) is 14.3 Å². The third-order valence-corrected chi connectivity index (χ3v) is 5.19. The second-order valence-electron chi connectivity index (χ2n) is 7.64. The molecule has 1 unspecified atom stereocenters. The molecule has 0 saturated carbocycles. The van der Waals surface area contributed by atoms with Gasteiger partial charge in [0.25, 0.3) is 11.4 Å². The predicted octanol–water partition coefficient (Wildman–Crippen LogP) is 1.05. The Morgan fingerprint density at radius 2 is 1.91 bits per heavy atom. The summed E-state index contributed by atoms with van der Waals surface area (Å²) in [7, 11) is 1.55. The van der Waals surface area contributed by atoms with Crippen molar-refractivity contribution in [2.75, 3.05) is 13.7 Å². The number of hydrogen-bond acceptors (Lipinski definition) is 9. The molecule has 12 nitrogen and oxygen atoms in total. The highest BCUT2D eigenvalue weighted by Crippen LogP contribution is 2.15. The monoisotopic (exact) mass is 468 g/mol. The van der Waals surface area contributed by atoms with Crippen molar-refractivity contribution in [3.63, 3.8) is 0 Å². The van der Waals surface area contributed by atoms with E-state index in [1.165, 1.54) is 10.9 Å². The Hall–Kier alpha value is -4.06. The molecule has 0 amide bonds. The first-order valence-corrected chi connectivity index (χ1v) is 10.6. The molecule has 0 aliphatic heterocycles. The molecule has 1 aromatic carbocycles. The average Bonchev–Trinajstić information content (AvgIpc) is 3.45. The molecule has 0 aliphatic carbocycles. The maximum Gasteiger partial charge on any atom is 0.333 e. The minimum absolute atomic E-state index is 0.118. The van der Waals surface area contributed by atoms with Crippen LogP contribution in [0.1, 0.15) is 30.4 Å². The van der Waals surface area contributed by atoms with E-state index < -0.39 is 29.9 Å². The molecule has 0 fully saturated rings. The predicted molar refractivity (Wildman–Crippen MR) is 119 cm³/mol. The van der Waals surface area contributed by atoms with Crippen LogP contribution in [0.5, 0.6) is 0 Å². The largest absolute Gasteiger partial charge is 0.451 e. The Kier molecular flexibility index (Phi) is 6.68. The zero-order valence-electron chi connectivity index (χ0n) is 19.0. The van der Waals surface area contributed by atoms with Gasteiger partial charge >= 0.3 is 11.7 Å². The van der Waals surface area contributed by atoms with E-state index >= 15 is 0 Å². The van der Waals surface area contributed by atoms with Gasteiger partial charge in [-0.15, -0.1) is 10.2 Å². The lowest BCUT2D eigenvalue weighted by molar-refractivity contribution is -0.150. The summed E-state index contributed by atoms with van der Waals surface area (Å²) < 4.78 is 19.5. The standard InChI is InChI=1S/C22H24N6O6/c1-14(20-25-24-15(2)34-20)33-17(29)12-28-21(30)18-19(23-13-26(18)9-10-32-3)27(22(28)31)11-16-7-5-4-6-8-16/h4-8,13-14H,9-12H2,1-3H3. The van der Waals surface area contributed by atoms with Crippen LogP contribution in [0, 0.1) is 6.92 Å². The highest BCUT2D eigenvalue weighted by atomic mass is 16.6. The minimum atomic E-state index is -0.841. The molecule has 178 valence electrons. The summed E-state index contributed by atoms with van der Waals surface area (Å²) in [6.07, 6.45) is 0.640. The van der Waals surface area contributed by atoms with E-state index in [4.69, 9.17) is 13.9 Å². The Labute approximate surface area is 193 Å². The summed E-state index contributed by atoms with van der Waals surface area (Å²) in [5.74, 6) is -0.350. The Morgan fingerprint density at radius 1 is 1.15 bits per heavy atom. The topological polar surface area (TPSA) is 136 Å². The lowest BCUT2D eigenvalue weighted by Gasteiger charge is -2.14. The van der Waals surface area contributed by atoms with Gasteiger partial charge in [-0.1, -0.05) is 30.3 Å². The summed E-state index contributed by atoms with van der Waals surface area (Å²) in [6.45, 7) is 3.45. The number of benzene rings is 1. The van der Waals surface area contributed by atoms with Crippen molar-refractivity contribution in [3.05, 3.63) is 74.8 Å². The number of rotatable bonds is 9. The van der Waals surface area contributed by atoms with E-state index in [2.05, 4.69) is 15.2 Å². The van der Waals surface area contributed by atoms with Crippen molar-refractivity contribution in [1.29, 1.82) is 0 Å². The molecule has 4 aromatic rings. The van der Waals surface area contributed by atoms with Gasteiger partial charge < -0.3 is 18.5 Å². The molecule has 0 bridgehead atoms. The number of methoxy groups -OCH3 is 1. The van der Waals surface area contributed by atoms with Gasteiger partial charge in [0, 0.05) is 20.6 Å². The van der Waals surface area contributed by atoms with Crippen molar-refractivity contribution in [2.45, 2.75) is 39.6 Å². The van der Waals surface area contributed by atoms with Gasteiger partial charge in [0.2, 0.25) is 5.89 Å². The normalized spacial score (nSPS) is 12.2. The fraction of sp³-hybridized carbons (Fsp3) is 0.364. The molecular formula is C22H24N6O6. The van der Waals surface area contributed by atoms with E-state index in [0.29, 0.717) is 19.0 Å². The molecule has 34 heavy (non-hydrogen) atoms. The van der Waals surface area contributed by atoms with Crippen molar-refractivity contribution >= 4 is 17.1 Å². The van der Waals surface area contributed by atoms with Crippen LogP contribution in [0.25, 0.3) is 11.2 Å². The van der Waals surface area contributed by atoms with Crippen LogP contribution in [-0.4, -0.2) is 48.6 Å². The van der Waals surface area contributed by atoms with E-state index in [1.54, 1.807) is 25.5 Å². The van der Waals surface area contributed by atoms with E-state index in [0.717, 1.165) is 10.1 Å². The van der Waals surface area contributed by atoms with Crippen LogP contribution in [-0.2, 0) is 33.9 Å². The fourth-order valence-corrected chi connectivity index (χ4v) is 3.54. The summed E-state index contributed by atoms with van der Waals surface area (Å²) in [4.78, 5) is 43.6. The van der Waals surface area contributed by atoms with E-state index in [1.807, 2.05) is 30.3 Å². The second-order valence-corrected chi connectivity index (χ2v) is 7.64. The minimum Gasteiger partial charge on any atom is -0.451 e. The number of ether oxygens (including phenoxy) is 2. The highest BCUT2D eigenvalue weighted by Gasteiger charge is 2.23. The molecule has 0 saturated heterocycles. The van der Waals surface area contributed by atoms with Crippen LogP contribution in [0.15, 0.2) is 50.7 Å². The van der Waals surface area contributed by atoms with Crippen molar-refractivity contribution in [2.24, 2.45) is 0 Å². The van der Waals surface area contributed by atoms with Gasteiger partial charge in [0.1, 0.15) is 6.54 Å². The molecule has 3 aromatic heterocycles. The van der Waals surface area contributed by atoms with Gasteiger partial charge in [-0.2, -0.15) is 0 Å². The molecule has 0 N–H and O–H groups in total. The molecule has 4 rings (SSSR count). The smallest absolute Gasteiger partial charge is 0.333 e. The molecule has 0 radical (unpaired) electrons. The van der Waals surface area contributed by atoms with Gasteiger partial charge in [0.05, 0.1) is 19.5 Å². The Bertz CT molecular complexity index is 1420. The van der Waals surface area contributed by atoms with Gasteiger partial charge in [-0.3, -0.25) is 14.2 Å². The average molecular weight is 468 g/mol. The summed E-state index contributed by atoms with van der Waals surface area (Å²) >= 11 is 0. The van der Waals surface area contributed by atoms with E-state index in [9.17, 15) is 14.4 Å². The lowest BCUT2D eigenvalue weighted by atomic mass is 10.2. The number of imidazole rings is 1. The zero-order chi connectivity index (χ0) is 24.2. The second kappa shape index (κ2) is 9.83. The number of nitrogens with zero attached hydrogens (tertiary/aromatic N) is 6. The van der Waals surface area contributed by atoms with E-state index in [-0.39, 0.29) is 23.6 Å². The molecule has 0 spiro atoms.